The van der Waals surface area contributed by atoms with Crippen molar-refractivity contribution in [2.75, 3.05) is 14.2 Å². The summed E-state index contributed by atoms with van der Waals surface area (Å²) in [4.78, 5) is 16.0. The second-order valence-electron chi connectivity index (χ2n) is 4.78. The molecule has 0 unspecified atom stereocenters. The normalized spacial score (nSPS) is 10.7. The molecule has 0 bridgehead atoms. The number of aromatic amines is 1. The smallest absolute Gasteiger partial charge is 0.178 e. The molecule has 0 aliphatic rings. The highest BCUT2D eigenvalue weighted by molar-refractivity contribution is 6.09. The molecule has 0 amide bonds. The van der Waals surface area contributed by atoms with Crippen LogP contribution in [0.25, 0.3) is 22.2 Å². The number of hydrogen-bond donors (Lipinski definition) is 1. The number of Topliss-reactive ketones (excluding diaryl/α,β-unsaturated/α-hetero) is 1. The molecule has 0 fully saturated rings. The predicted octanol–water partition coefficient (Wildman–Crippen LogP) is 2.84. The molecule has 0 aliphatic heterocycles. The third kappa shape index (κ3) is 2.18. The maximum Gasteiger partial charge on any atom is 0.178 e. The van der Waals surface area contributed by atoms with E-state index in [1.807, 2.05) is 6.07 Å². The first-order valence-corrected chi connectivity index (χ1v) is 6.72. The van der Waals surface area contributed by atoms with Crippen molar-refractivity contribution >= 4 is 16.7 Å². The van der Waals surface area contributed by atoms with Crippen molar-refractivity contribution < 1.29 is 14.3 Å². The maximum absolute atomic E-state index is 11.9. The third-order valence-electron chi connectivity index (χ3n) is 3.47. The van der Waals surface area contributed by atoms with Crippen molar-refractivity contribution in [3.63, 3.8) is 0 Å². The van der Waals surface area contributed by atoms with Crippen molar-refractivity contribution in [3.05, 3.63) is 36.2 Å². The number of pyridine rings is 1. The molecular formula is C16H15N3O3. The second-order valence-corrected chi connectivity index (χ2v) is 4.78. The van der Waals surface area contributed by atoms with E-state index in [1.165, 1.54) is 6.92 Å². The van der Waals surface area contributed by atoms with Gasteiger partial charge in [-0.3, -0.25) is 14.9 Å². The van der Waals surface area contributed by atoms with E-state index < -0.39 is 0 Å². The molecule has 3 aromatic rings. The minimum atomic E-state index is -0.116. The molecule has 6 nitrogen and oxygen atoms in total. The van der Waals surface area contributed by atoms with Crippen LogP contribution in [0.2, 0.25) is 0 Å². The van der Waals surface area contributed by atoms with Gasteiger partial charge in [0.1, 0.15) is 22.9 Å². The molecule has 22 heavy (non-hydrogen) atoms. The van der Waals surface area contributed by atoms with Gasteiger partial charge in [-0.05, 0) is 24.3 Å². The van der Waals surface area contributed by atoms with Crippen molar-refractivity contribution in [1.29, 1.82) is 0 Å². The van der Waals surface area contributed by atoms with Crippen LogP contribution in [0.5, 0.6) is 11.5 Å². The van der Waals surface area contributed by atoms with Gasteiger partial charge in [-0.25, -0.2) is 0 Å². The van der Waals surface area contributed by atoms with Gasteiger partial charge in [-0.1, -0.05) is 0 Å². The van der Waals surface area contributed by atoms with Crippen LogP contribution in [0, 0.1) is 0 Å². The minimum absolute atomic E-state index is 0.116. The standard InChI is InChI=1S/C16H15N3O3/c1-9(20)15-14-12(6-7-17-15)18-19-16(14)11-8-10(21-2)4-5-13(11)22-3/h4-8H,1-3H3,(H,18,19). The average molecular weight is 297 g/mol. The molecule has 1 N–H and O–H groups in total. The molecular weight excluding hydrogens is 282 g/mol. The Morgan fingerprint density at radius 2 is 2.00 bits per heavy atom. The number of methoxy groups -OCH3 is 2. The molecule has 2 heterocycles. The van der Waals surface area contributed by atoms with Crippen LogP contribution in [0.4, 0.5) is 0 Å². The fourth-order valence-electron chi connectivity index (χ4n) is 2.43. The number of carbonyl (C=O) groups excluding carboxylic acids is 1. The third-order valence-corrected chi connectivity index (χ3v) is 3.47. The van der Waals surface area contributed by atoms with Crippen molar-refractivity contribution in [2.24, 2.45) is 0 Å². The van der Waals surface area contributed by atoms with Gasteiger partial charge in [0.25, 0.3) is 0 Å². The lowest BCUT2D eigenvalue weighted by molar-refractivity contribution is 0.101. The Balaban J connectivity index is 2.33. The summed E-state index contributed by atoms with van der Waals surface area (Å²) in [6.07, 6.45) is 1.59. The molecule has 2 aromatic heterocycles. The Bertz CT molecular complexity index is 855. The van der Waals surface area contributed by atoms with Gasteiger partial charge in [-0.15, -0.1) is 0 Å². The highest BCUT2D eigenvalue weighted by Gasteiger charge is 2.19. The Morgan fingerprint density at radius 3 is 2.68 bits per heavy atom. The lowest BCUT2D eigenvalue weighted by atomic mass is 10.0. The van der Waals surface area contributed by atoms with Gasteiger partial charge >= 0.3 is 0 Å². The van der Waals surface area contributed by atoms with E-state index in [9.17, 15) is 4.79 Å². The summed E-state index contributed by atoms with van der Waals surface area (Å²) < 4.78 is 10.7. The van der Waals surface area contributed by atoms with Crippen LogP contribution in [-0.2, 0) is 0 Å². The quantitative estimate of drug-likeness (QED) is 0.749. The molecule has 0 atom stereocenters. The van der Waals surface area contributed by atoms with Crippen LogP contribution in [0.3, 0.4) is 0 Å². The van der Waals surface area contributed by atoms with E-state index in [1.54, 1.807) is 38.6 Å². The zero-order valence-electron chi connectivity index (χ0n) is 12.5. The number of ketones is 1. The SMILES string of the molecule is COc1ccc(OC)c(-c2n[nH]c3ccnc(C(C)=O)c23)c1. The van der Waals surface area contributed by atoms with Crippen LogP contribution >= 0.6 is 0 Å². The first-order valence-electron chi connectivity index (χ1n) is 6.72. The minimum Gasteiger partial charge on any atom is -0.497 e. The van der Waals surface area contributed by atoms with Crippen LogP contribution in [-0.4, -0.2) is 35.2 Å². The summed E-state index contributed by atoms with van der Waals surface area (Å²) >= 11 is 0. The number of H-pyrrole nitrogens is 1. The summed E-state index contributed by atoms with van der Waals surface area (Å²) in [5.41, 5.74) is 2.49. The average Bonchev–Trinajstić information content (AvgIpc) is 2.97. The molecule has 3 rings (SSSR count). The van der Waals surface area contributed by atoms with Crippen molar-refractivity contribution in [1.82, 2.24) is 15.2 Å². The van der Waals surface area contributed by atoms with E-state index >= 15 is 0 Å². The first-order chi connectivity index (χ1) is 10.7. The van der Waals surface area contributed by atoms with Gasteiger partial charge < -0.3 is 9.47 Å². The largest absolute Gasteiger partial charge is 0.497 e. The number of hydrogen-bond acceptors (Lipinski definition) is 5. The van der Waals surface area contributed by atoms with Crippen LogP contribution in [0.15, 0.2) is 30.5 Å². The highest BCUT2D eigenvalue weighted by atomic mass is 16.5. The lowest BCUT2D eigenvalue weighted by Crippen LogP contribution is -1.98. The lowest BCUT2D eigenvalue weighted by Gasteiger charge is -2.09. The molecule has 0 spiro atoms. The number of nitrogens with one attached hydrogen (secondary N) is 1. The monoisotopic (exact) mass is 297 g/mol. The van der Waals surface area contributed by atoms with Gasteiger partial charge in [0, 0.05) is 18.7 Å². The molecule has 0 aliphatic carbocycles. The topological polar surface area (TPSA) is 77.1 Å². The molecule has 0 saturated heterocycles. The summed E-state index contributed by atoms with van der Waals surface area (Å²) in [5.74, 6) is 1.21. The van der Waals surface area contributed by atoms with Crippen molar-refractivity contribution in [2.45, 2.75) is 6.92 Å². The van der Waals surface area contributed by atoms with Crippen LogP contribution in [0.1, 0.15) is 17.4 Å². The molecule has 0 saturated carbocycles. The number of nitrogens with zero attached hydrogens (tertiary/aromatic N) is 2. The fraction of sp³-hybridized carbons (Fsp3) is 0.188. The summed E-state index contributed by atoms with van der Waals surface area (Å²) in [7, 11) is 3.18. The molecule has 1 aromatic carbocycles. The number of benzene rings is 1. The van der Waals surface area contributed by atoms with E-state index in [2.05, 4.69) is 15.2 Å². The van der Waals surface area contributed by atoms with Gasteiger partial charge in [-0.2, -0.15) is 5.10 Å². The Kier molecular flexibility index (Phi) is 3.50. The van der Waals surface area contributed by atoms with Gasteiger partial charge in [0.15, 0.2) is 5.78 Å². The Hall–Kier alpha value is -2.89. The molecule has 112 valence electrons. The number of fused-ring (bicyclic) bond motifs is 1. The Labute approximate surface area is 127 Å². The summed E-state index contributed by atoms with van der Waals surface area (Å²) in [6.45, 7) is 1.49. The highest BCUT2D eigenvalue weighted by Crippen LogP contribution is 2.36. The van der Waals surface area contributed by atoms with E-state index in [0.717, 1.165) is 11.1 Å². The number of ether oxygens (including phenoxy) is 2. The first kappa shape index (κ1) is 14.1. The summed E-state index contributed by atoms with van der Waals surface area (Å²) in [6, 6.07) is 7.22. The number of aromatic nitrogens is 3. The maximum atomic E-state index is 11.9. The number of carbonyl (C=O) groups is 1. The van der Waals surface area contributed by atoms with Crippen LogP contribution < -0.4 is 9.47 Å². The fourth-order valence-corrected chi connectivity index (χ4v) is 2.43. The summed E-state index contributed by atoms with van der Waals surface area (Å²) in [5, 5.41) is 7.95. The zero-order valence-corrected chi connectivity index (χ0v) is 12.5. The van der Waals surface area contributed by atoms with E-state index in [0.29, 0.717) is 28.3 Å². The van der Waals surface area contributed by atoms with Crippen molar-refractivity contribution in [3.8, 4) is 22.8 Å². The molecule has 0 radical (unpaired) electrons. The number of rotatable bonds is 4. The second kappa shape index (κ2) is 5.48. The van der Waals surface area contributed by atoms with E-state index in [-0.39, 0.29) is 5.78 Å². The Morgan fingerprint density at radius 1 is 1.18 bits per heavy atom. The molecule has 6 heteroatoms. The van der Waals surface area contributed by atoms with E-state index in [4.69, 9.17) is 9.47 Å². The van der Waals surface area contributed by atoms with Gasteiger partial charge in [0.2, 0.25) is 0 Å². The zero-order chi connectivity index (χ0) is 15.7. The van der Waals surface area contributed by atoms with Gasteiger partial charge in [0.05, 0.1) is 25.1 Å². The predicted molar refractivity (Wildman–Crippen MR) is 82.4 cm³/mol.